The monoisotopic (exact) mass is 249 g/mol. The predicted molar refractivity (Wildman–Crippen MR) is 54.1 cm³/mol. The van der Waals surface area contributed by atoms with Crippen LogP contribution in [0.25, 0.3) is 0 Å². The number of hydrogen-bond acceptors (Lipinski definition) is 1. The van der Waals surface area contributed by atoms with E-state index < -0.39 is 0 Å². The van der Waals surface area contributed by atoms with Gasteiger partial charge in [-0.1, -0.05) is 34.4 Å². The van der Waals surface area contributed by atoms with Crippen molar-refractivity contribution in [1.82, 2.24) is 4.90 Å². The summed E-state index contributed by atoms with van der Waals surface area (Å²) in [6.07, 6.45) is 0. The van der Waals surface area contributed by atoms with E-state index in [1.54, 1.807) is 0 Å². The molecule has 10 heavy (non-hydrogen) atoms. The molecule has 0 aromatic carbocycles. The van der Waals surface area contributed by atoms with Crippen molar-refractivity contribution in [3.05, 3.63) is 9.66 Å². The molecule has 0 aliphatic rings. The Labute approximate surface area is 76.6 Å². The number of rotatable bonds is 1. The summed E-state index contributed by atoms with van der Waals surface area (Å²) in [6.45, 7) is 2.84. The van der Waals surface area contributed by atoms with E-state index in [4.69, 9.17) is 0 Å². The molecule has 1 nitrogen and oxygen atoms in total. The minimum atomic E-state index is 0.835. The zero-order valence-electron chi connectivity index (χ0n) is 6.61. The van der Waals surface area contributed by atoms with Crippen molar-refractivity contribution in [3.63, 3.8) is 0 Å². The smallest absolute Gasteiger partial charge is 0.0600 e. The van der Waals surface area contributed by atoms with Crippen molar-refractivity contribution in [1.29, 1.82) is 0 Å². The summed E-state index contributed by atoms with van der Waals surface area (Å²) in [7, 11) is 4.02. The standard InChI is InChI=1S/C8H12IN/c1-8(7-9)5-4-6-10(2)3/h7H,6H2,1-3H3/b8-7-. The van der Waals surface area contributed by atoms with E-state index in [-0.39, 0.29) is 0 Å². The molecular formula is C8H12IN. The summed E-state index contributed by atoms with van der Waals surface area (Å²) in [4.78, 5) is 2.05. The van der Waals surface area contributed by atoms with Gasteiger partial charge in [0.25, 0.3) is 0 Å². The second-order valence-corrected chi connectivity index (χ2v) is 2.95. The van der Waals surface area contributed by atoms with Crippen LogP contribution in [0.1, 0.15) is 6.92 Å². The van der Waals surface area contributed by atoms with E-state index in [0.717, 1.165) is 12.1 Å². The third-order valence-corrected chi connectivity index (χ3v) is 1.78. The Kier molecular flexibility index (Phi) is 5.74. The van der Waals surface area contributed by atoms with Crippen molar-refractivity contribution >= 4 is 22.6 Å². The van der Waals surface area contributed by atoms with Crippen LogP contribution in [0, 0.1) is 11.8 Å². The highest BCUT2D eigenvalue weighted by molar-refractivity contribution is 14.1. The first-order chi connectivity index (χ1) is 4.66. The maximum Gasteiger partial charge on any atom is 0.0600 e. The van der Waals surface area contributed by atoms with Gasteiger partial charge >= 0.3 is 0 Å². The molecule has 0 rings (SSSR count). The fraction of sp³-hybridized carbons (Fsp3) is 0.500. The van der Waals surface area contributed by atoms with Crippen molar-refractivity contribution in [2.24, 2.45) is 0 Å². The molecule has 0 radical (unpaired) electrons. The molecule has 0 aliphatic carbocycles. The van der Waals surface area contributed by atoms with Crippen molar-refractivity contribution in [2.75, 3.05) is 20.6 Å². The average molecular weight is 249 g/mol. The Morgan fingerprint density at radius 2 is 2.20 bits per heavy atom. The highest BCUT2D eigenvalue weighted by Gasteiger charge is 1.80. The molecule has 0 saturated carbocycles. The molecule has 56 valence electrons. The number of hydrogen-bond donors (Lipinski definition) is 0. The summed E-state index contributed by atoms with van der Waals surface area (Å²) < 4.78 is 1.99. The molecule has 0 aromatic heterocycles. The van der Waals surface area contributed by atoms with Crippen LogP contribution in [0.5, 0.6) is 0 Å². The summed E-state index contributed by atoms with van der Waals surface area (Å²) in [5.74, 6) is 6.06. The summed E-state index contributed by atoms with van der Waals surface area (Å²) in [5, 5.41) is 0. The summed E-state index contributed by atoms with van der Waals surface area (Å²) >= 11 is 2.19. The maximum absolute atomic E-state index is 3.04. The first-order valence-electron chi connectivity index (χ1n) is 3.07. The van der Waals surface area contributed by atoms with E-state index in [1.807, 2.05) is 30.0 Å². The Balaban J connectivity index is 3.70. The first kappa shape index (κ1) is 9.99. The molecule has 0 spiro atoms. The van der Waals surface area contributed by atoms with Crippen LogP contribution in [-0.2, 0) is 0 Å². The molecule has 2 heteroatoms. The molecule has 0 saturated heterocycles. The van der Waals surface area contributed by atoms with Gasteiger partial charge in [-0.3, -0.25) is 4.90 Å². The van der Waals surface area contributed by atoms with Gasteiger partial charge < -0.3 is 0 Å². The average Bonchev–Trinajstić information content (AvgIpc) is 1.87. The zero-order valence-corrected chi connectivity index (χ0v) is 8.77. The van der Waals surface area contributed by atoms with Crippen molar-refractivity contribution in [3.8, 4) is 11.8 Å². The highest BCUT2D eigenvalue weighted by atomic mass is 127. The van der Waals surface area contributed by atoms with Crippen LogP contribution < -0.4 is 0 Å². The van der Waals surface area contributed by atoms with Crippen molar-refractivity contribution in [2.45, 2.75) is 6.92 Å². The van der Waals surface area contributed by atoms with Crippen LogP contribution in [0.4, 0.5) is 0 Å². The Morgan fingerprint density at radius 1 is 1.60 bits per heavy atom. The molecule has 0 aromatic rings. The lowest BCUT2D eigenvalue weighted by atomic mass is 10.3. The molecule has 0 amide bonds. The summed E-state index contributed by atoms with van der Waals surface area (Å²) in [6, 6.07) is 0. The lowest BCUT2D eigenvalue weighted by Crippen LogP contribution is -2.10. The second kappa shape index (κ2) is 5.75. The van der Waals surface area contributed by atoms with Gasteiger partial charge in [-0.15, -0.1) is 0 Å². The highest BCUT2D eigenvalue weighted by Crippen LogP contribution is 1.93. The van der Waals surface area contributed by atoms with Crippen LogP contribution in [0.3, 0.4) is 0 Å². The fourth-order valence-corrected chi connectivity index (χ4v) is 0.520. The number of nitrogens with zero attached hydrogens (tertiary/aromatic N) is 1. The Morgan fingerprint density at radius 3 is 2.60 bits per heavy atom. The molecule has 0 N–H and O–H groups in total. The third-order valence-electron chi connectivity index (χ3n) is 0.845. The zero-order chi connectivity index (χ0) is 7.98. The maximum atomic E-state index is 3.04. The van der Waals surface area contributed by atoms with Gasteiger partial charge in [-0.2, -0.15) is 0 Å². The molecule has 0 fully saturated rings. The van der Waals surface area contributed by atoms with Crippen LogP contribution in [-0.4, -0.2) is 25.5 Å². The minimum absolute atomic E-state index is 0.835. The largest absolute Gasteiger partial charge is 0.299 e. The topological polar surface area (TPSA) is 3.24 Å². The van der Waals surface area contributed by atoms with Gasteiger partial charge in [0.2, 0.25) is 0 Å². The molecule has 0 heterocycles. The normalized spacial score (nSPS) is 11.1. The molecular weight excluding hydrogens is 237 g/mol. The van der Waals surface area contributed by atoms with Gasteiger partial charge in [-0.25, -0.2) is 0 Å². The first-order valence-corrected chi connectivity index (χ1v) is 4.32. The fourth-order valence-electron chi connectivity index (χ4n) is 0.364. The van der Waals surface area contributed by atoms with Gasteiger partial charge in [0, 0.05) is 5.57 Å². The SMILES string of the molecule is C/C(C#CCN(C)C)=C/I. The number of allylic oxidation sites excluding steroid dienone is 1. The number of halogens is 1. The van der Waals surface area contributed by atoms with Crippen LogP contribution in [0.15, 0.2) is 9.66 Å². The Hall–Kier alpha value is -0.0100. The molecule has 0 aliphatic heterocycles. The third kappa shape index (κ3) is 6.12. The van der Waals surface area contributed by atoms with E-state index in [0.29, 0.717) is 0 Å². The van der Waals surface area contributed by atoms with Gasteiger partial charge in [-0.05, 0) is 25.1 Å². The van der Waals surface area contributed by atoms with E-state index in [1.165, 1.54) is 0 Å². The molecule has 0 unspecified atom stereocenters. The molecule has 0 atom stereocenters. The van der Waals surface area contributed by atoms with E-state index >= 15 is 0 Å². The second-order valence-electron chi connectivity index (χ2n) is 2.33. The lowest BCUT2D eigenvalue weighted by molar-refractivity contribution is 0.464. The van der Waals surface area contributed by atoms with E-state index in [2.05, 4.69) is 34.4 Å². The predicted octanol–water partition coefficient (Wildman–Crippen LogP) is 1.89. The van der Waals surface area contributed by atoms with E-state index in [9.17, 15) is 0 Å². The van der Waals surface area contributed by atoms with Gasteiger partial charge in [0.05, 0.1) is 6.54 Å². The van der Waals surface area contributed by atoms with Gasteiger partial charge in [0.1, 0.15) is 0 Å². The summed E-state index contributed by atoms with van der Waals surface area (Å²) in [5.41, 5.74) is 1.13. The van der Waals surface area contributed by atoms with Crippen LogP contribution >= 0.6 is 22.6 Å². The van der Waals surface area contributed by atoms with Crippen molar-refractivity contribution < 1.29 is 0 Å². The minimum Gasteiger partial charge on any atom is -0.299 e. The van der Waals surface area contributed by atoms with Gasteiger partial charge in [0.15, 0.2) is 0 Å². The quantitative estimate of drug-likeness (QED) is 0.506. The van der Waals surface area contributed by atoms with Crippen LogP contribution in [0.2, 0.25) is 0 Å². The lowest BCUT2D eigenvalue weighted by Gasteiger charge is -2.00. The molecule has 0 bridgehead atoms. The Bertz CT molecular complexity index is 171.